The second kappa shape index (κ2) is 9.17. The Morgan fingerprint density at radius 3 is 1.20 bits per heavy atom. The summed E-state index contributed by atoms with van der Waals surface area (Å²) in [6.07, 6.45) is 0.0678. The van der Waals surface area contributed by atoms with Gasteiger partial charge in [0, 0.05) is 32.1 Å². The van der Waals surface area contributed by atoms with Gasteiger partial charge in [-0.05, 0) is 12.8 Å². The van der Waals surface area contributed by atoms with Crippen LogP contribution in [0.15, 0.2) is 11.1 Å². The van der Waals surface area contributed by atoms with Crippen molar-refractivity contribution in [3.63, 3.8) is 0 Å². The Bertz CT molecular complexity index is 357. The smallest absolute Gasteiger partial charge is 0.332 e. The van der Waals surface area contributed by atoms with Crippen LogP contribution in [0.2, 0.25) is 0 Å². The monoisotopic (exact) mass is 356 g/mol. The summed E-state index contributed by atoms with van der Waals surface area (Å²) in [6, 6.07) is 0. The number of thiol groups is 4. The van der Waals surface area contributed by atoms with Gasteiger partial charge in [-0.25, -0.2) is 9.59 Å². The zero-order chi connectivity index (χ0) is 16.0. The van der Waals surface area contributed by atoms with Crippen LogP contribution in [0.3, 0.4) is 0 Å². The fourth-order valence-electron chi connectivity index (χ4n) is 1.44. The molecule has 4 unspecified atom stereocenters. The Hall–Kier alpha value is 0.0800. The molecular weight excluding hydrogens is 336 g/mol. The van der Waals surface area contributed by atoms with Crippen molar-refractivity contribution in [2.45, 2.75) is 47.7 Å². The molecule has 116 valence electrons. The van der Waals surface area contributed by atoms with Crippen LogP contribution < -0.4 is 0 Å². The zero-order valence-corrected chi connectivity index (χ0v) is 14.8. The fraction of sp³-hybridized carbons (Fsp3) is 0.667. The van der Waals surface area contributed by atoms with Crippen molar-refractivity contribution in [1.29, 1.82) is 0 Å². The highest BCUT2D eigenvalue weighted by molar-refractivity contribution is 7.85. The van der Waals surface area contributed by atoms with Crippen LogP contribution in [0, 0.1) is 0 Å². The first-order valence-electron chi connectivity index (χ1n) is 5.98. The molecule has 20 heavy (non-hydrogen) atoms. The summed E-state index contributed by atoms with van der Waals surface area (Å²) in [5.41, 5.74) is -0.294. The van der Waals surface area contributed by atoms with E-state index in [-0.39, 0.29) is 45.0 Å². The Morgan fingerprint density at radius 1 is 0.800 bits per heavy atom. The minimum atomic E-state index is -1.25. The van der Waals surface area contributed by atoms with E-state index < -0.39 is 11.9 Å². The molecule has 0 saturated heterocycles. The summed E-state index contributed by atoms with van der Waals surface area (Å²) in [5.74, 6) is -2.49. The molecule has 0 spiro atoms. The summed E-state index contributed by atoms with van der Waals surface area (Å²) in [6.45, 7) is 3.55. The minimum Gasteiger partial charge on any atom is -0.478 e. The lowest BCUT2D eigenvalue weighted by molar-refractivity contribution is -0.136. The van der Waals surface area contributed by atoms with E-state index in [0.29, 0.717) is 0 Å². The summed E-state index contributed by atoms with van der Waals surface area (Å²) in [5, 5.41) is 17.5. The van der Waals surface area contributed by atoms with Gasteiger partial charge in [-0.3, -0.25) is 0 Å². The Morgan fingerprint density at radius 2 is 1.05 bits per heavy atom. The summed E-state index contributed by atoms with van der Waals surface area (Å²) in [7, 11) is 0. The Labute approximate surface area is 141 Å². The maximum Gasteiger partial charge on any atom is 0.332 e. The molecule has 0 aromatic rings. The SMILES string of the molecule is CC(S)C(S)C/C(C(=O)O)=C(\CC(S)C(C)S)C(=O)O. The van der Waals surface area contributed by atoms with Gasteiger partial charge in [0.2, 0.25) is 0 Å². The fourth-order valence-corrected chi connectivity index (χ4v) is 2.01. The number of rotatable bonds is 8. The standard InChI is InChI=1S/C12H20O4S4/c1-5(17)9(19)3-7(11(13)14)8(12(15)16)4-10(20)6(2)18/h5-6,9-10,17-20H,3-4H2,1-2H3,(H,13,14)(H,15,16)/b8-7-. The molecule has 0 aliphatic heterocycles. The number of hydrogen-bond acceptors (Lipinski definition) is 6. The summed E-state index contributed by atoms with van der Waals surface area (Å²) in [4.78, 5) is 22.7. The van der Waals surface area contributed by atoms with Gasteiger partial charge in [0.15, 0.2) is 0 Å². The lowest BCUT2D eigenvalue weighted by Gasteiger charge is -2.19. The third kappa shape index (κ3) is 6.69. The van der Waals surface area contributed by atoms with Crippen LogP contribution in [0.1, 0.15) is 26.7 Å². The first-order valence-corrected chi connectivity index (χ1v) is 8.05. The lowest BCUT2D eigenvalue weighted by Crippen LogP contribution is -2.22. The molecule has 0 rings (SSSR count). The number of hydrogen-bond donors (Lipinski definition) is 6. The molecule has 4 nitrogen and oxygen atoms in total. The van der Waals surface area contributed by atoms with Crippen LogP contribution in [-0.2, 0) is 9.59 Å². The number of carboxylic acids is 2. The first kappa shape index (κ1) is 20.1. The van der Waals surface area contributed by atoms with Crippen LogP contribution in [0.25, 0.3) is 0 Å². The van der Waals surface area contributed by atoms with Crippen molar-refractivity contribution in [2.75, 3.05) is 0 Å². The number of carbonyl (C=O) groups is 2. The molecule has 2 N–H and O–H groups in total. The van der Waals surface area contributed by atoms with Crippen molar-refractivity contribution in [3.8, 4) is 0 Å². The van der Waals surface area contributed by atoms with Crippen molar-refractivity contribution in [3.05, 3.63) is 11.1 Å². The summed E-state index contributed by atoms with van der Waals surface area (Å²) >= 11 is 16.9. The van der Waals surface area contributed by atoms with E-state index in [1.807, 2.05) is 0 Å². The molecule has 0 aromatic carbocycles. The van der Waals surface area contributed by atoms with E-state index in [2.05, 4.69) is 50.5 Å². The quantitative estimate of drug-likeness (QED) is 0.298. The molecule has 0 fully saturated rings. The summed E-state index contributed by atoms with van der Waals surface area (Å²) < 4.78 is 0. The molecule has 0 aromatic heterocycles. The lowest BCUT2D eigenvalue weighted by atomic mass is 9.97. The predicted octanol–water partition coefficient (Wildman–Crippen LogP) is 2.47. The zero-order valence-electron chi connectivity index (χ0n) is 11.2. The van der Waals surface area contributed by atoms with E-state index in [1.165, 1.54) is 0 Å². The maximum atomic E-state index is 11.3. The van der Waals surface area contributed by atoms with Gasteiger partial charge < -0.3 is 10.2 Å². The van der Waals surface area contributed by atoms with E-state index in [9.17, 15) is 19.8 Å². The van der Waals surface area contributed by atoms with Gasteiger partial charge in [0.1, 0.15) is 0 Å². The second-order valence-corrected chi connectivity index (χ2v) is 7.55. The van der Waals surface area contributed by atoms with E-state index in [0.717, 1.165) is 0 Å². The van der Waals surface area contributed by atoms with E-state index >= 15 is 0 Å². The number of carboxylic acid groups (broad SMARTS) is 2. The van der Waals surface area contributed by atoms with Gasteiger partial charge in [-0.1, -0.05) is 13.8 Å². The van der Waals surface area contributed by atoms with Crippen molar-refractivity contribution < 1.29 is 19.8 Å². The molecule has 0 amide bonds. The molecule has 8 heteroatoms. The van der Waals surface area contributed by atoms with Gasteiger partial charge in [-0.15, -0.1) is 0 Å². The molecule has 0 bridgehead atoms. The Kier molecular flexibility index (Phi) is 9.21. The largest absolute Gasteiger partial charge is 0.478 e. The third-order valence-corrected chi connectivity index (χ3v) is 5.27. The second-order valence-electron chi connectivity index (χ2n) is 4.59. The van der Waals surface area contributed by atoms with Crippen LogP contribution in [0.4, 0.5) is 0 Å². The average molecular weight is 357 g/mol. The average Bonchev–Trinajstić information content (AvgIpc) is 2.31. The molecule has 0 aliphatic carbocycles. The third-order valence-electron chi connectivity index (χ3n) is 2.82. The van der Waals surface area contributed by atoms with E-state index in [1.54, 1.807) is 13.8 Å². The molecular formula is C12H20O4S4. The molecule has 4 atom stereocenters. The molecule has 0 saturated carbocycles. The first-order chi connectivity index (χ1) is 9.07. The molecule has 0 radical (unpaired) electrons. The Balaban J connectivity index is 5.45. The van der Waals surface area contributed by atoms with Gasteiger partial charge in [0.05, 0.1) is 0 Å². The maximum absolute atomic E-state index is 11.3. The normalized spacial score (nSPS) is 18.7. The topological polar surface area (TPSA) is 74.6 Å². The van der Waals surface area contributed by atoms with Crippen LogP contribution >= 0.6 is 50.5 Å². The van der Waals surface area contributed by atoms with Gasteiger partial charge in [-0.2, -0.15) is 50.5 Å². The highest BCUT2D eigenvalue weighted by atomic mass is 32.1. The van der Waals surface area contributed by atoms with Crippen molar-refractivity contribution in [1.82, 2.24) is 0 Å². The highest BCUT2D eigenvalue weighted by Gasteiger charge is 2.26. The van der Waals surface area contributed by atoms with Crippen molar-refractivity contribution in [2.24, 2.45) is 0 Å². The van der Waals surface area contributed by atoms with Gasteiger partial charge >= 0.3 is 11.9 Å². The highest BCUT2D eigenvalue weighted by Crippen LogP contribution is 2.25. The number of aliphatic carboxylic acids is 2. The van der Waals surface area contributed by atoms with Crippen LogP contribution in [-0.4, -0.2) is 43.2 Å². The minimum absolute atomic E-state index is 0.0339. The van der Waals surface area contributed by atoms with Crippen molar-refractivity contribution >= 4 is 62.5 Å². The van der Waals surface area contributed by atoms with E-state index in [4.69, 9.17) is 0 Å². The van der Waals surface area contributed by atoms with Crippen LogP contribution in [0.5, 0.6) is 0 Å². The predicted molar refractivity (Wildman–Crippen MR) is 94.0 cm³/mol. The molecule has 0 aliphatic rings. The van der Waals surface area contributed by atoms with Gasteiger partial charge in [0.25, 0.3) is 0 Å². The molecule has 0 heterocycles.